The zero-order valence-electron chi connectivity index (χ0n) is 11.4. The van der Waals surface area contributed by atoms with E-state index in [4.69, 9.17) is 11.6 Å². The molecule has 0 amide bonds. The lowest BCUT2D eigenvalue weighted by Crippen LogP contribution is -2.17. The predicted octanol–water partition coefficient (Wildman–Crippen LogP) is 3.71. The number of pyridine rings is 1. The number of fused-ring (bicyclic) bond motifs is 1. The zero-order chi connectivity index (χ0) is 16.5. The molecular formula is C13H12ClF3N2O2S. The summed E-state index contributed by atoms with van der Waals surface area (Å²) in [5.41, 5.74) is -1.14. The van der Waals surface area contributed by atoms with Gasteiger partial charge in [-0.3, -0.25) is 0 Å². The van der Waals surface area contributed by atoms with E-state index in [0.29, 0.717) is 5.39 Å². The van der Waals surface area contributed by atoms with Crippen LogP contribution in [0.25, 0.3) is 10.9 Å². The fourth-order valence-electron chi connectivity index (χ4n) is 1.79. The third kappa shape index (κ3) is 3.61. The lowest BCUT2D eigenvalue weighted by molar-refractivity contribution is -0.140. The molecule has 1 N–H and O–H groups in total. The van der Waals surface area contributed by atoms with Gasteiger partial charge in [0.2, 0.25) is 0 Å². The molecule has 4 nitrogen and oxygen atoms in total. The topological polar surface area (TPSA) is 59.1 Å². The van der Waals surface area contributed by atoms with Gasteiger partial charge in [0.15, 0.2) is 9.84 Å². The minimum absolute atomic E-state index is 0.0249. The number of nitrogens with one attached hydrogen (secondary N) is 1. The molecule has 2 aromatic rings. The molecule has 0 radical (unpaired) electrons. The number of alkyl halides is 3. The Morgan fingerprint density at radius 3 is 2.59 bits per heavy atom. The number of anilines is 1. The Bertz CT molecular complexity index is 807. The number of halogens is 4. The van der Waals surface area contributed by atoms with E-state index in [0.717, 1.165) is 6.07 Å². The van der Waals surface area contributed by atoms with Crippen molar-refractivity contribution in [2.24, 2.45) is 0 Å². The van der Waals surface area contributed by atoms with E-state index in [2.05, 4.69) is 10.3 Å². The summed E-state index contributed by atoms with van der Waals surface area (Å²) in [7, 11) is -3.39. The van der Waals surface area contributed by atoms with Crippen molar-refractivity contribution in [3.05, 3.63) is 35.0 Å². The van der Waals surface area contributed by atoms with Crippen LogP contribution in [0.15, 0.2) is 24.3 Å². The minimum Gasteiger partial charge on any atom is -0.371 e. The van der Waals surface area contributed by atoms with Gasteiger partial charge in [0.05, 0.1) is 10.5 Å². The van der Waals surface area contributed by atoms with Crippen molar-refractivity contribution in [3.63, 3.8) is 0 Å². The number of hydrogen-bond acceptors (Lipinski definition) is 4. The third-order valence-electron chi connectivity index (χ3n) is 3.00. The normalized spacial score (nSPS) is 12.6. The van der Waals surface area contributed by atoms with Gasteiger partial charge in [-0.1, -0.05) is 30.7 Å². The molecule has 0 aliphatic carbocycles. The fraction of sp³-hybridized carbons (Fsp3) is 0.308. The Hall–Kier alpha value is -1.54. The number of benzene rings is 1. The van der Waals surface area contributed by atoms with Crippen LogP contribution < -0.4 is 5.32 Å². The number of para-hydroxylation sites is 1. The summed E-state index contributed by atoms with van der Waals surface area (Å²) in [6.45, 7) is 1.46. The summed E-state index contributed by atoms with van der Waals surface area (Å²) < 4.78 is 61.8. The Morgan fingerprint density at radius 2 is 2.00 bits per heavy atom. The number of nitrogens with zero attached hydrogens (tertiary/aromatic N) is 1. The SMILES string of the molecule is CCS(=O)(=O)CNc1cc(C(F)(F)F)nc2c(Cl)cccc12. The molecule has 120 valence electrons. The first kappa shape index (κ1) is 16.8. The highest BCUT2D eigenvalue weighted by Crippen LogP contribution is 2.35. The molecule has 0 unspecified atom stereocenters. The molecule has 2 rings (SSSR count). The number of sulfone groups is 1. The van der Waals surface area contributed by atoms with Crippen molar-refractivity contribution in [2.45, 2.75) is 13.1 Å². The maximum absolute atomic E-state index is 12.9. The van der Waals surface area contributed by atoms with Crippen molar-refractivity contribution < 1.29 is 21.6 Å². The van der Waals surface area contributed by atoms with Crippen LogP contribution in [0.2, 0.25) is 5.02 Å². The lowest BCUT2D eigenvalue weighted by atomic mass is 10.1. The average Bonchev–Trinajstić information content (AvgIpc) is 2.44. The molecule has 0 aliphatic rings. The molecule has 0 fully saturated rings. The number of rotatable bonds is 4. The van der Waals surface area contributed by atoms with Crippen LogP contribution in [0.3, 0.4) is 0 Å². The van der Waals surface area contributed by atoms with Crippen LogP contribution in [0.4, 0.5) is 18.9 Å². The first-order chi connectivity index (χ1) is 10.1. The Kier molecular flexibility index (Phi) is 4.53. The molecule has 0 bridgehead atoms. The Labute approximate surface area is 130 Å². The van der Waals surface area contributed by atoms with Crippen molar-refractivity contribution >= 4 is 38.0 Å². The van der Waals surface area contributed by atoms with Gasteiger partial charge in [-0.25, -0.2) is 13.4 Å². The number of hydrogen-bond donors (Lipinski definition) is 1. The molecule has 0 saturated heterocycles. The molecule has 9 heteroatoms. The van der Waals surface area contributed by atoms with Crippen LogP contribution in [0.5, 0.6) is 0 Å². The predicted molar refractivity (Wildman–Crippen MR) is 79.7 cm³/mol. The highest BCUT2D eigenvalue weighted by atomic mass is 35.5. The standard InChI is InChI=1S/C13H12ClF3N2O2S/c1-2-22(20,21)7-18-10-6-11(13(15,16)17)19-12-8(10)4-3-5-9(12)14/h3-6H,2,7H2,1H3,(H,18,19). The first-order valence-corrected chi connectivity index (χ1v) is 8.45. The Morgan fingerprint density at radius 1 is 1.32 bits per heavy atom. The summed E-state index contributed by atoms with van der Waals surface area (Å²) in [5, 5.41) is 2.92. The van der Waals surface area contributed by atoms with Crippen molar-refractivity contribution in [2.75, 3.05) is 16.9 Å². The summed E-state index contributed by atoms with van der Waals surface area (Å²) in [6.07, 6.45) is -4.66. The monoisotopic (exact) mass is 352 g/mol. The highest BCUT2D eigenvalue weighted by molar-refractivity contribution is 7.91. The second-order valence-electron chi connectivity index (χ2n) is 4.54. The van der Waals surface area contributed by atoms with Crippen LogP contribution in [0.1, 0.15) is 12.6 Å². The van der Waals surface area contributed by atoms with E-state index < -0.39 is 27.6 Å². The summed E-state index contributed by atoms with van der Waals surface area (Å²) >= 11 is 5.89. The largest absolute Gasteiger partial charge is 0.433 e. The van der Waals surface area contributed by atoms with E-state index in [1.54, 1.807) is 6.07 Å². The van der Waals surface area contributed by atoms with E-state index in [-0.39, 0.29) is 22.0 Å². The average molecular weight is 353 g/mol. The van der Waals surface area contributed by atoms with Crippen molar-refractivity contribution in [1.82, 2.24) is 4.98 Å². The molecule has 1 aromatic carbocycles. The second-order valence-corrected chi connectivity index (χ2v) is 7.30. The fourth-order valence-corrected chi connectivity index (χ4v) is 2.59. The van der Waals surface area contributed by atoms with E-state index in [9.17, 15) is 21.6 Å². The second kappa shape index (κ2) is 5.92. The molecule has 0 saturated carbocycles. The minimum atomic E-state index is -4.66. The molecule has 22 heavy (non-hydrogen) atoms. The van der Waals surface area contributed by atoms with Crippen LogP contribution in [-0.4, -0.2) is 25.0 Å². The zero-order valence-corrected chi connectivity index (χ0v) is 13.0. The smallest absolute Gasteiger partial charge is 0.371 e. The molecule has 0 aliphatic heterocycles. The lowest BCUT2D eigenvalue weighted by Gasteiger charge is -2.14. The van der Waals surface area contributed by atoms with Crippen LogP contribution in [-0.2, 0) is 16.0 Å². The van der Waals surface area contributed by atoms with Crippen LogP contribution in [0, 0.1) is 0 Å². The summed E-state index contributed by atoms with van der Waals surface area (Å²) in [5.74, 6) is -0.581. The third-order valence-corrected chi connectivity index (χ3v) is 4.77. The van der Waals surface area contributed by atoms with E-state index in [1.165, 1.54) is 19.1 Å². The van der Waals surface area contributed by atoms with Crippen LogP contribution >= 0.6 is 11.6 Å². The number of aromatic nitrogens is 1. The van der Waals surface area contributed by atoms with Gasteiger partial charge in [0.25, 0.3) is 0 Å². The molecule has 0 spiro atoms. The maximum atomic E-state index is 12.9. The van der Waals surface area contributed by atoms with Gasteiger partial charge >= 0.3 is 6.18 Å². The van der Waals surface area contributed by atoms with Gasteiger partial charge < -0.3 is 5.32 Å². The van der Waals surface area contributed by atoms with E-state index >= 15 is 0 Å². The van der Waals surface area contributed by atoms with Gasteiger partial charge in [-0.2, -0.15) is 13.2 Å². The maximum Gasteiger partial charge on any atom is 0.433 e. The van der Waals surface area contributed by atoms with Crippen molar-refractivity contribution in [3.8, 4) is 0 Å². The van der Waals surface area contributed by atoms with Gasteiger partial charge in [-0.15, -0.1) is 0 Å². The molecule has 1 heterocycles. The molecule has 1 aromatic heterocycles. The quantitative estimate of drug-likeness (QED) is 0.911. The van der Waals surface area contributed by atoms with Gasteiger partial charge in [-0.05, 0) is 12.1 Å². The first-order valence-electron chi connectivity index (χ1n) is 6.25. The van der Waals surface area contributed by atoms with Gasteiger partial charge in [0.1, 0.15) is 11.6 Å². The Balaban J connectivity index is 2.58. The van der Waals surface area contributed by atoms with Crippen molar-refractivity contribution in [1.29, 1.82) is 0 Å². The molecule has 0 atom stereocenters. The van der Waals surface area contributed by atoms with E-state index in [1.807, 2.05) is 0 Å². The summed E-state index contributed by atoms with van der Waals surface area (Å²) in [4.78, 5) is 3.52. The van der Waals surface area contributed by atoms with Gasteiger partial charge in [0, 0.05) is 16.8 Å². The molecular weight excluding hydrogens is 341 g/mol. The highest BCUT2D eigenvalue weighted by Gasteiger charge is 2.33. The summed E-state index contributed by atoms with van der Waals surface area (Å²) in [6, 6.07) is 5.28.